The van der Waals surface area contributed by atoms with Gasteiger partial charge in [-0.15, -0.1) is 0 Å². The normalized spacial score (nSPS) is 13.2. The number of rotatable bonds is 6. The van der Waals surface area contributed by atoms with E-state index in [-0.39, 0.29) is 5.91 Å². The van der Waals surface area contributed by atoms with Crippen molar-refractivity contribution in [2.75, 3.05) is 18.5 Å². The second-order valence-corrected chi connectivity index (χ2v) is 6.47. The molecule has 0 fully saturated rings. The Hall–Kier alpha value is -2.40. The third-order valence-corrected chi connectivity index (χ3v) is 5.20. The molecule has 3 rings (SSSR count). The highest BCUT2D eigenvalue weighted by atomic mass is 16.5. The van der Waals surface area contributed by atoms with Gasteiger partial charge in [0.25, 0.3) is 0 Å². The molecule has 0 unspecified atom stereocenters. The largest absolute Gasteiger partial charge is 0.493 e. The molecule has 1 amide bonds. The molecule has 0 radical (unpaired) electrons. The van der Waals surface area contributed by atoms with Crippen LogP contribution in [0.3, 0.4) is 0 Å². The van der Waals surface area contributed by atoms with Crippen molar-refractivity contribution >= 4 is 11.7 Å². The maximum absolute atomic E-state index is 12.7. The average Bonchev–Trinajstić information content (AvgIpc) is 3.11. The molecular formula is C20H25N3O2. The van der Waals surface area contributed by atoms with E-state index in [2.05, 4.69) is 16.4 Å². The van der Waals surface area contributed by atoms with Crippen LogP contribution in [-0.2, 0) is 11.2 Å². The Morgan fingerprint density at radius 2 is 2.08 bits per heavy atom. The van der Waals surface area contributed by atoms with E-state index in [0.29, 0.717) is 25.2 Å². The molecule has 2 aromatic rings. The first-order chi connectivity index (χ1) is 12.1. The van der Waals surface area contributed by atoms with Crippen LogP contribution in [0.15, 0.2) is 36.4 Å². The lowest BCUT2D eigenvalue weighted by molar-refractivity contribution is -0.125. The number of nitrogens with two attached hydrogens (primary N) is 1. The van der Waals surface area contributed by atoms with Gasteiger partial charge in [0.1, 0.15) is 11.6 Å². The molecular weight excluding hydrogens is 314 g/mol. The number of nitrogens with zero attached hydrogens (tertiary/aromatic N) is 1. The topological polar surface area (TPSA) is 77.2 Å². The molecule has 1 aliphatic rings. The number of hydrogen-bond acceptors (Lipinski definition) is 4. The minimum atomic E-state index is -0.539. The summed E-state index contributed by atoms with van der Waals surface area (Å²) in [5, 5.41) is 2.94. The number of anilines is 1. The van der Waals surface area contributed by atoms with Crippen molar-refractivity contribution in [3.05, 3.63) is 42.0 Å². The van der Waals surface area contributed by atoms with Gasteiger partial charge in [0.05, 0.1) is 17.7 Å². The fourth-order valence-corrected chi connectivity index (χ4v) is 3.21. The quantitative estimate of drug-likeness (QED) is 0.846. The molecule has 1 aromatic carbocycles. The third-order valence-electron chi connectivity index (χ3n) is 5.20. The SMILES string of the molecule is CCC(CC)(CN)C(=O)Nc1cccc(-c2ccc3c(c2)CCO3)n1. The van der Waals surface area contributed by atoms with Crippen LogP contribution in [-0.4, -0.2) is 24.0 Å². The summed E-state index contributed by atoms with van der Waals surface area (Å²) in [4.78, 5) is 17.3. The number of pyridine rings is 1. The van der Waals surface area contributed by atoms with Crippen LogP contribution >= 0.6 is 0 Å². The van der Waals surface area contributed by atoms with E-state index in [1.807, 2.05) is 44.2 Å². The van der Waals surface area contributed by atoms with Gasteiger partial charge >= 0.3 is 0 Å². The zero-order valence-electron chi connectivity index (χ0n) is 14.8. The second kappa shape index (κ2) is 7.23. The van der Waals surface area contributed by atoms with Gasteiger partial charge in [-0.2, -0.15) is 0 Å². The van der Waals surface area contributed by atoms with E-state index in [4.69, 9.17) is 10.5 Å². The van der Waals surface area contributed by atoms with Gasteiger partial charge in [0.15, 0.2) is 0 Å². The molecule has 132 valence electrons. The van der Waals surface area contributed by atoms with E-state index in [1.165, 1.54) is 5.56 Å². The van der Waals surface area contributed by atoms with Crippen molar-refractivity contribution in [1.82, 2.24) is 4.98 Å². The van der Waals surface area contributed by atoms with Crippen LogP contribution < -0.4 is 15.8 Å². The maximum atomic E-state index is 12.7. The zero-order valence-corrected chi connectivity index (χ0v) is 14.8. The Bertz CT molecular complexity index is 761. The number of carbonyl (C=O) groups excluding carboxylic acids is 1. The number of aromatic nitrogens is 1. The molecule has 0 aliphatic carbocycles. The summed E-state index contributed by atoms with van der Waals surface area (Å²) in [5.74, 6) is 1.44. The fourth-order valence-electron chi connectivity index (χ4n) is 3.21. The number of amides is 1. The second-order valence-electron chi connectivity index (χ2n) is 6.47. The summed E-state index contributed by atoms with van der Waals surface area (Å²) in [5.41, 5.74) is 8.38. The summed E-state index contributed by atoms with van der Waals surface area (Å²) in [6.07, 6.45) is 2.33. The van der Waals surface area contributed by atoms with E-state index in [9.17, 15) is 4.79 Å². The number of carbonyl (C=O) groups is 1. The number of nitrogens with one attached hydrogen (secondary N) is 1. The van der Waals surface area contributed by atoms with Crippen LogP contribution in [0.5, 0.6) is 5.75 Å². The molecule has 5 heteroatoms. The first-order valence-electron chi connectivity index (χ1n) is 8.86. The summed E-state index contributed by atoms with van der Waals surface area (Å²) in [6, 6.07) is 11.8. The lowest BCUT2D eigenvalue weighted by Gasteiger charge is -2.28. The highest BCUT2D eigenvalue weighted by molar-refractivity contribution is 5.95. The Morgan fingerprint density at radius 1 is 1.28 bits per heavy atom. The van der Waals surface area contributed by atoms with Crippen molar-refractivity contribution in [3.8, 4) is 17.0 Å². The molecule has 1 aliphatic heterocycles. The molecule has 5 nitrogen and oxygen atoms in total. The predicted molar refractivity (Wildman–Crippen MR) is 99.6 cm³/mol. The average molecular weight is 339 g/mol. The van der Waals surface area contributed by atoms with E-state index in [1.54, 1.807) is 0 Å². The smallest absolute Gasteiger partial charge is 0.233 e. The Morgan fingerprint density at radius 3 is 2.80 bits per heavy atom. The van der Waals surface area contributed by atoms with Crippen molar-refractivity contribution in [2.24, 2.45) is 11.1 Å². The molecule has 25 heavy (non-hydrogen) atoms. The van der Waals surface area contributed by atoms with Crippen LogP contribution in [0.4, 0.5) is 5.82 Å². The van der Waals surface area contributed by atoms with E-state index in [0.717, 1.165) is 30.0 Å². The number of benzene rings is 1. The molecule has 3 N–H and O–H groups in total. The monoisotopic (exact) mass is 339 g/mol. The molecule has 0 saturated heterocycles. The minimum Gasteiger partial charge on any atom is -0.493 e. The Labute approximate surface area is 148 Å². The number of ether oxygens (including phenoxy) is 1. The van der Waals surface area contributed by atoms with Crippen molar-refractivity contribution in [1.29, 1.82) is 0 Å². The molecule has 0 bridgehead atoms. The van der Waals surface area contributed by atoms with Crippen molar-refractivity contribution < 1.29 is 9.53 Å². The lowest BCUT2D eigenvalue weighted by Crippen LogP contribution is -2.41. The zero-order chi connectivity index (χ0) is 17.9. The standard InChI is InChI=1S/C20H25N3O2/c1-3-20(4-2,13-21)19(24)23-18-7-5-6-16(22-18)14-8-9-17-15(12-14)10-11-25-17/h5-9,12H,3-4,10-11,13,21H2,1-2H3,(H,22,23,24). The molecule has 2 heterocycles. The lowest BCUT2D eigenvalue weighted by atomic mass is 9.81. The van der Waals surface area contributed by atoms with Crippen LogP contribution in [0, 0.1) is 5.41 Å². The summed E-state index contributed by atoms with van der Waals surface area (Å²) in [6.45, 7) is 5.05. The Balaban J connectivity index is 1.83. The first kappa shape index (κ1) is 17.4. The molecule has 1 aromatic heterocycles. The fraction of sp³-hybridized carbons (Fsp3) is 0.400. The van der Waals surface area contributed by atoms with Gasteiger partial charge in [0, 0.05) is 18.5 Å². The van der Waals surface area contributed by atoms with Gasteiger partial charge < -0.3 is 15.8 Å². The van der Waals surface area contributed by atoms with Crippen LogP contribution in [0.2, 0.25) is 0 Å². The van der Waals surface area contributed by atoms with Gasteiger partial charge in [-0.25, -0.2) is 4.98 Å². The maximum Gasteiger partial charge on any atom is 0.233 e. The van der Waals surface area contributed by atoms with Crippen LogP contribution in [0.25, 0.3) is 11.3 Å². The Kier molecular flexibility index (Phi) is 5.04. The van der Waals surface area contributed by atoms with Crippen molar-refractivity contribution in [3.63, 3.8) is 0 Å². The third kappa shape index (κ3) is 3.37. The predicted octanol–water partition coefficient (Wildman–Crippen LogP) is 3.39. The van der Waals surface area contributed by atoms with E-state index < -0.39 is 5.41 Å². The summed E-state index contributed by atoms with van der Waals surface area (Å²) in [7, 11) is 0. The van der Waals surface area contributed by atoms with Crippen LogP contribution in [0.1, 0.15) is 32.3 Å². The highest BCUT2D eigenvalue weighted by Gasteiger charge is 2.33. The minimum absolute atomic E-state index is 0.0630. The molecule has 0 saturated carbocycles. The van der Waals surface area contributed by atoms with E-state index >= 15 is 0 Å². The summed E-state index contributed by atoms with van der Waals surface area (Å²) >= 11 is 0. The van der Waals surface area contributed by atoms with Gasteiger partial charge in [0.2, 0.25) is 5.91 Å². The number of fused-ring (bicyclic) bond motifs is 1. The van der Waals surface area contributed by atoms with Gasteiger partial charge in [-0.3, -0.25) is 4.79 Å². The van der Waals surface area contributed by atoms with Crippen molar-refractivity contribution in [2.45, 2.75) is 33.1 Å². The summed E-state index contributed by atoms with van der Waals surface area (Å²) < 4.78 is 5.55. The van der Waals surface area contributed by atoms with Gasteiger partial charge in [-0.05, 0) is 48.7 Å². The van der Waals surface area contributed by atoms with Gasteiger partial charge in [-0.1, -0.05) is 19.9 Å². The molecule has 0 atom stereocenters. The first-order valence-corrected chi connectivity index (χ1v) is 8.86. The number of hydrogen-bond donors (Lipinski definition) is 2. The highest BCUT2D eigenvalue weighted by Crippen LogP contribution is 2.31. The molecule has 0 spiro atoms.